The molecule has 0 radical (unpaired) electrons. The molecule has 1 aliphatic carbocycles. The molecule has 3 N–H and O–H groups in total. The van der Waals surface area contributed by atoms with E-state index in [9.17, 15) is 0 Å². The van der Waals surface area contributed by atoms with Gasteiger partial charge < -0.3 is 15.8 Å². The highest BCUT2D eigenvalue weighted by Crippen LogP contribution is 2.50. The zero-order chi connectivity index (χ0) is 14.6. The summed E-state index contributed by atoms with van der Waals surface area (Å²) in [5.74, 6) is 1.14. The molecule has 0 amide bonds. The van der Waals surface area contributed by atoms with Crippen molar-refractivity contribution >= 4 is 35.8 Å². The third-order valence-corrected chi connectivity index (χ3v) is 4.56. The minimum Gasteiger partial charge on any atom is -0.381 e. The van der Waals surface area contributed by atoms with Crippen LogP contribution in [0.2, 0.25) is 0 Å². The van der Waals surface area contributed by atoms with E-state index in [0.717, 1.165) is 25.1 Å². The first-order valence-electron chi connectivity index (χ1n) is 7.20. The molecular weight excluding hydrogens is 379 g/mol. The van der Waals surface area contributed by atoms with Gasteiger partial charge in [0.1, 0.15) is 5.82 Å². The molecular formula is C15H25IN4O. The summed E-state index contributed by atoms with van der Waals surface area (Å²) >= 11 is 0. The Balaban J connectivity index is 0.00000220. The normalized spacial score (nSPS) is 23.9. The van der Waals surface area contributed by atoms with Crippen molar-refractivity contribution in [3.05, 3.63) is 24.4 Å². The first kappa shape index (κ1) is 18.2. The lowest BCUT2D eigenvalue weighted by atomic mass is 9.59. The fourth-order valence-corrected chi connectivity index (χ4v) is 3.18. The van der Waals surface area contributed by atoms with Gasteiger partial charge in [0, 0.05) is 18.7 Å². The van der Waals surface area contributed by atoms with Crippen molar-refractivity contribution in [3.8, 4) is 0 Å². The average molecular weight is 404 g/mol. The Hall–Kier alpha value is -0.890. The lowest BCUT2D eigenvalue weighted by Gasteiger charge is -2.53. The van der Waals surface area contributed by atoms with Crippen LogP contribution in [-0.2, 0) is 4.74 Å². The first-order chi connectivity index (χ1) is 9.66. The van der Waals surface area contributed by atoms with Crippen LogP contribution in [0.1, 0.15) is 33.1 Å². The van der Waals surface area contributed by atoms with Crippen LogP contribution in [0.5, 0.6) is 0 Å². The maximum atomic E-state index is 5.99. The fraction of sp³-hybridized carbons (Fsp3) is 0.600. The summed E-state index contributed by atoms with van der Waals surface area (Å²) in [7, 11) is 1.78. The quantitative estimate of drug-likeness (QED) is 0.450. The summed E-state index contributed by atoms with van der Waals surface area (Å²) in [4.78, 5) is 8.82. The molecule has 0 aromatic carbocycles. The number of aliphatic imine (C=N–C) groups is 1. The van der Waals surface area contributed by atoms with Gasteiger partial charge in [0.05, 0.1) is 12.1 Å². The van der Waals surface area contributed by atoms with E-state index in [1.54, 1.807) is 13.3 Å². The van der Waals surface area contributed by atoms with E-state index in [-0.39, 0.29) is 41.5 Å². The molecule has 2 atom stereocenters. The van der Waals surface area contributed by atoms with Crippen LogP contribution >= 0.6 is 24.0 Å². The second kappa shape index (κ2) is 7.93. The molecule has 1 aliphatic rings. The number of nitrogens with zero attached hydrogens (tertiary/aromatic N) is 2. The Labute approximate surface area is 143 Å². The summed E-state index contributed by atoms with van der Waals surface area (Å²) in [6.45, 7) is 4.39. The number of nitrogens with one attached hydrogen (secondary N) is 1. The van der Waals surface area contributed by atoms with Crippen LogP contribution in [0.15, 0.2) is 29.4 Å². The SMILES string of the molecule is CCC1(CC)C(N=C(N)Nc2ccccn2)CC1OC.I. The van der Waals surface area contributed by atoms with E-state index in [2.05, 4.69) is 29.1 Å². The second-order valence-electron chi connectivity index (χ2n) is 5.27. The van der Waals surface area contributed by atoms with Crippen LogP contribution < -0.4 is 11.1 Å². The molecule has 0 aliphatic heterocycles. The van der Waals surface area contributed by atoms with Crippen molar-refractivity contribution in [1.82, 2.24) is 4.98 Å². The number of methoxy groups -OCH3 is 1. The van der Waals surface area contributed by atoms with E-state index in [1.807, 2.05) is 18.2 Å². The van der Waals surface area contributed by atoms with Gasteiger partial charge in [-0.3, -0.25) is 0 Å². The van der Waals surface area contributed by atoms with Gasteiger partial charge in [-0.25, -0.2) is 9.98 Å². The van der Waals surface area contributed by atoms with Gasteiger partial charge in [0.15, 0.2) is 5.96 Å². The molecule has 1 saturated carbocycles. The van der Waals surface area contributed by atoms with Gasteiger partial charge in [0.2, 0.25) is 0 Å². The van der Waals surface area contributed by atoms with Crippen LogP contribution in [0.25, 0.3) is 0 Å². The molecule has 2 unspecified atom stereocenters. The van der Waals surface area contributed by atoms with Gasteiger partial charge in [-0.15, -0.1) is 24.0 Å². The summed E-state index contributed by atoms with van der Waals surface area (Å²) in [6.07, 6.45) is 5.04. The van der Waals surface area contributed by atoms with Crippen molar-refractivity contribution in [2.24, 2.45) is 16.1 Å². The smallest absolute Gasteiger partial charge is 0.194 e. The second-order valence-corrected chi connectivity index (χ2v) is 5.27. The minimum absolute atomic E-state index is 0. The number of hydrogen-bond acceptors (Lipinski definition) is 3. The zero-order valence-electron chi connectivity index (χ0n) is 12.9. The highest BCUT2D eigenvalue weighted by molar-refractivity contribution is 14.0. The summed E-state index contributed by atoms with van der Waals surface area (Å²) in [5.41, 5.74) is 6.11. The Morgan fingerprint density at radius 2 is 2.19 bits per heavy atom. The van der Waals surface area contributed by atoms with Crippen molar-refractivity contribution in [2.45, 2.75) is 45.3 Å². The van der Waals surface area contributed by atoms with E-state index < -0.39 is 0 Å². The third kappa shape index (κ3) is 3.66. The van der Waals surface area contributed by atoms with Crippen LogP contribution in [-0.4, -0.2) is 30.2 Å². The maximum Gasteiger partial charge on any atom is 0.194 e. The molecule has 1 fully saturated rings. The van der Waals surface area contributed by atoms with Gasteiger partial charge >= 0.3 is 0 Å². The van der Waals surface area contributed by atoms with Crippen LogP contribution in [0.3, 0.4) is 0 Å². The van der Waals surface area contributed by atoms with E-state index in [4.69, 9.17) is 10.5 Å². The lowest BCUT2D eigenvalue weighted by molar-refractivity contribution is -0.111. The Bertz CT molecular complexity index is 462. The standard InChI is InChI=1S/C15H24N4O.HI/c1-4-15(5-2)11(10-12(15)20-3)18-14(16)19-13-8-6-7-9-17-13;/h6-9,11-12H,4-5,10H2,1-3H3,(H3,16,17,18,19);1H. The van der Waals surface area contributed by atoms with Gasteiger partial charge in [-0.2, -0.15) is 0 Å². The first-order valence-corrected chi connectivity index (χ1v) is 7.20. The predicted molar refractivity (Wildman–Crippen MR) is 97.1 cm³/mol. The topological polar surface area (TPSA) is 72.5 Å². The maximum absolute atomic E-state index is 5.99. The minimum atomic E-state index is 0. The van der Waals surface area contributed by atoms with Crippen molar-refractivity contribution in [3.63, 3.8) is 0 Å². The summed E-state index contributed by atoms with van der Waals surface area (Å²) in [6, 6.07) is 5.87. The number of pyridine rings is 1. The molecule has 1 aromatic rings. The molecule has 0 spiro atoms. The van der Waals surface area contributed by atoms with Crippen molar-refractivity contribution in [2.75, 3.05) is 12.4 Å². The number of rotatable bonds is 5. The monoisotopic (exact) mass is 404 g/mol. The van der Waals surface area contributed by atoms with Gasteiger partial charge in [-0.1, -0.05) is 19.9 Å². The van der Waals surface area contributed by atoms with Gasteiger partial charge in [-0.05, 0) is 31.4 Å². The molecule has 5 nitrogen and oxygen atoms in total. The Kier molecular flexibility index (Phi) is 6.86. The van der Waals surface area contributed by atoms with Crippen LogP contribution in [0.4, 0.5) is 5.82 Å². The number of hydrogen-bond donors (Lipinski definition) is 2. The fourth-order valence-electron chi connectivity index (χ4n) is 3.18. The lowest BCUT2D eigenvalue weighted by Crippen LogP contribution is -2.57. The average Bonchev–Trinajstić information content (AvgIpc) is 2.45. The number of halogens is 1. The molecule has 0 bridgehead atoms. The van der Waals surface area contributed by atoms with E-state index in [1.165, 1.54) is 0 Å². The highest BCUT2D eigenvalue weighted by Gasteiger charge is 2.53. The predicted octanol–water partition coefficient (Wildman–Crippen LogP) is 3.02. The molecule has 1 aromatic heterocycles. The molecule has 21 heavy (non-hydrogen) atoms. The van der Waals surface area contributed by atoms with E-state index in [0.29, 0.717) is 5.96 Å². The number of anilines is 1. The highest BCUT2D eigenvalue weighted by atomic mass is 127. The Morgan fingerprint density at radius 3 is 2.71 bits per heavy atom. The Morgan fingerprint density at radius 1 is 1.48 bits per heavy atom. The van der Waals surface area contributed by atoms with E-state index >= 15 is 0 Å². The summed E-state index contributed by atoms with van der Waals surface area (Å²) in [5, 5.41) is 3.04. The zero-order valence-corrected chi connectivity index (χ0v) is 15.2. The summed E-state index contributed by atoms with van der Waals surface area (Å²) < 4.78 is 5.57. The molecule has 118 valence electrons. The van der Waals surface area contributed by atoms with Crippen molar-refractivity contribution in [1.29, 1.82) is 0 Å². The number of guanidine groups is 1. The number of aromatic nitrogens is 1. The number of nitrogens with two attached hydrogens (primary N) is 1. The number of ether oxygens (including phenoxy) is 1. The van der Waals surface area contributed by atoms with Gasteiger partial charge in [0.25, 0.3) is 0 Å². The third-order valence-electron chi connectivity index (χ3n) is 4.56. The molecule has 6 heteroatoms. The molecule has 0 saturated heterocycles. The largest absolute Gasteiger partial charge is 0.381 e. The van der Waals surface area contributed by atoms with Crippen molar-refractivity contribution < 1.29 is 4.74 Å². The van der Waals surface area contributed by atoms with Crippen LogP contribution in [0, 0.1) is 5.41 Å². The molecule has 2 rings (SSSR count). The molecule has 1 heterocycles.